The number of hydrogen-bond acceptors (Lipinski definition) is 3. The van der Waals surface area contributed by atoms with Crippen LogP contribution in [0, 0.1) is 5.82 Å². The minimum absolute atomic E-state index is 0.287. The topological polar surface area (TPSA) is 35.5 Å². The molecule has 0 amide bonds. The summed E-state index contributed by atoms with van der Waals surface area (Å²) in [5.74, 6) is -0.879. The number of rotatable bonds is 5. The van der Waals surface area contributed by atoms with Gasteiger partial charge in [0.1, 0.15) is 0 Å². The van der Waals surface area contributed by atoms with Gasteiger partial charge in [-0.05, 0) is 31.8 Å². The Morgan fingerprint density at radius 2 is 1.75 bits per heavy atom. The maximum Gasteiger partial charge on any atom is 0.165 e. The van der Waals surface area contributed by atoms with Crippen molar-refractivity contribution in [1.29, 1.82) is 0 Å². The van der Waals surface area contributed by atoms with Crippen LogP contribution in [0.4, 0.5) is 10.1 Å². The fraction of sp³-hybridized carbons (Fsp3) is 0.250. The summed E-state index contributed by atoms with van der Waals surface area (Å²) in [7, 11) is 4.02. The molecule has 4 heteroatoms. The van der Waals surface area contributed by atoms with E-state index in [1.807, 2.05) is 38.4 Å². The van der Waals surface area contributed by atoms with Crippen molar-refractivity contribution >= 4 is 5.69 Å². The molecule has 106 valence electrons. The third-order valence-electron chi connectivity index (χ3n) is 3.04. The van der Waals surface area contributed by atoms with Crippen molar-refractivity contribution < 1.29 is 9.50 Å². The summed E-state index contributed by atoms with van der Waals surface area (Å²) in [5, 5.41) is 12.9. The first-order valence-electron chi connectivity index (χ1n) is 6.51. The minimum Gasteiger partial charge on any atom is -0.505 e. The zero-order valence-corrected chi connectivity index (χ0v) is 11.7. The number of phenols is 1. The van der Waals surface area contributed by atoms with Crippen molar-refractivity contribution in [3.63, 3.8) is 0 Å². The molecule has 0 saturated carbocycles. The van der Waals surface area contributed by atoms with Gasteiger partial charge in [0.15, 0.2) is 11.6 Å². The molecule has 2 aromatic carbocycles. The van der Waals surface area contributed by atoms with Gasteiger partial charge in [0.05, 0.1) is 0 Å². The molecule has 3 nitrogen and oxygen atoms in total. The van der Waals surface area contributed by atoms with Gasteiger partial charge in [0.25, 0.3) is 0 Å². The lowest BCUT2D eigenvalue weighted by Gasteiger charge is -2.16. The number of nitrogens with zero attached hydrogens (tertiary/aromatic N) is 1. The van der Waals surface area contributed by atoms with Gasteiger partial charge in [-0.1, -0.05) is 30.3 Å². The third-order valence-corrected chi connectivity index (χ3v) is 3.04. The van der Waals surface area contributed by atoms with E-state index in [-0.39, 0.29) is 5.75 Å². The van der Waals surface area contributed by atoms with Crippen LogP contribution in [0.2, 0.25) is 0 Å². The van der Waals surface area contributed by atoms with Gasteiger partial charge in [-0.2, -0.15) is 0 Å². The predicted molar refractivity (Wildman–Crippen MR) is 79.2 cm³/mol. The summed E-state index contributed by atoms with van der Waals surface area (Å²) in [4.78, 5) is 2.08. The number of anilines is 1. The predicted octanol–water partition coefficient (Wildman–Crippen LogP) is 3.21. The Labute approximate surface area is 118 Å². The molecule has 2 aromatic rings. The summed E-state index contributed by atoms with van der Waals surface area (Å²) in [5.41, 5.74) is 2.70. The number of para-hydroxylation sites is 2. The lowest BCUT2D eigenvalue weighted by Crippen LogP contribution is -2.13. The number of hydrogen-bond donors (Lipinski definition) is 2. The largest absolute Gasteiger partial charge is 0.505 e. The van der Waals surface area contributed by atoms with Crippen LogP contribution in [-0.2, 0) is 13.1 Å². The van der Waals surface area contributed by atoms with Crippen LogP contribution in [-0.4, -0.2) is 24.1 Å². The molecular formula is C16H19FN2O. The van der Waals surface area contributed by atoms with Crippen LogP contribution >= 0.6 is 0 Å². The Bertz CT molecular complexity index is 584. The van der Waals surface area contributed by atoms with E-state index in [1.54, 1.807) is 12.1 Å². The quantitative estimate of drug-likeness (QED) is 0.879. The molecule has 0 unspecified atom stereocenters. The molecule has 0 spiro atoms. The molecule has 2 rings (SSSR count). The maximum atomic E-state index is 13.3. The zero-order chi connectivity index (χ0) is 14.5. The average molecular weight is 274 g/mol. The molecule has 20 heavy (non-hydrogen) atoms. The van der Waals surface area contributed by atoms with Gasteiger partial charge in [0.2, 0.25) is 0 Å². The van der Waals surface area contributed by atoms with Gasteiger partial charge in [-0.3, -0.25) is 0 Å². The van der Waals surface area contributed by atoms with Crippen LogP contribution in [0.3, 0.4) is 0 Å². The fourth-order valence-electron chi connectivity index (χ4n) is 2.06. The van der Waals surface area contributed by atoms with E-state index in [0.717, 1.165) is 17.8 Å². The van der Waals surface area contributed by atoms with E-state index in [4.69, 9.17) is 0 Å². The summed E-state index contributed by atoms with van der Waals surface area (Å²) in [6.45, 7) is 1.20. The third kappa shape index (κ3) is 3.48. The average Bonchev–Trinajstić information content (AvgIpc) is 2.41. The van der Waals surface area contributed by atoms with Gasteiger partial charge in [0, 0.05) is 24.3 Å². The molecule has 0 aliphatic carbocycles. The van der Waals surface area contributed by atoms with Crippen LogP contribution in [0.25, 0.3) is 0 Å². The van der Waals surface area contributed by atoms with Crippen molar-refractivity contribution in [2.75, 3.05) is 19.4 Å². The number of nitrogens with one attached hydrogen (secondary N) is 1. The second kappa shape index (κ2) is 6.39. The summed E-state index contributed by atoms with van der Waals surface area (Å²) < 4.78 is 13.3. The summed E-state index contributed by atoms with van der Waals surface area (Å²) in [6.07, 6.45) is 0. The monoisotopic (exact) mass is 274 g/mol. The van der Waals surface area contributed by atoms with E-state index in [1.165, 1.54) is 6.07 Å². The molecule has 2 N–H and O–H groups in total. The second-order valence-electron chi connectivity index (χ2n) is 5.00. The number of aromatic hydroxyl groups is 1. The van der Waals surface area contributed by atoms with Gasteiger partial charge in [-0.25, -0.2) is 4.39 Å². The zero-order valence-electron chi connectivity index (χ0n) is 11.7. The number of benzene rings is 2. The molecule has 0 saturated heterocycles. The molecular weight excluding hydrogens is 255 g/mol. The molecule has 0 atom stereocenters. The lowest BCUT2D eigenvalue weighted by atomic mass is 10.1. The fourth-order valence-corrected chi connectivity index (χ4v) is 2.06. The Balaban J connectivity index is 2.13. The van der Waals surface area contributed by atoms with Crippen LogP contribution in [0.5, 0.6) is 5.75 Å². The van der Waals surface area contributed by atoms with Crippen molar-refractivity contribution in [3.8, 4) is 5.75 Å². The minimum atomic E-state index is -0.592. The lowest BCUT2D eigenvalue weighted by molar-refractivity contribution is 0.403. The SMILES string of the molecule is CN(C)Cc1ccccc1NCc1cccc(F)c1O. The molecule has 0 aliphatic rings. The highest BCUT2D eigenvalue weighted by molar-refractivity contribution is 5.52. The summed E-state index contributed by atoms with van der Waals surface area (Å²) in [6, 6.07) is 12.5. The summed E-state index contributed by atoms with van der Waals surface area (Å²) >= 11 is 0. The Morgan fingerprint density at radius 3 is 2.50 bits per heavy atom. The first-order chi connectivity index (χ1) is 9.58. The van der Waals surface area contributed by atoms with Crippen LogP contribution < -0.4 is 5.32 Å². The maximum absolute atomic E-state index is 13.3. The van der Waals surface area contributed by atoms with Gasteiger partial charge in [-0.15, -0.1) is 0 Å². The van der Waals surface area contributed by atoms with E-state index >= 15 is 0 Å². The normalized spacial score (nSPS) is 10.8. The van der Waals surface area contributed by atoms with E-state index in [9.17, 15) is 9.50 Å². The molecule has 0 radical (unpaired) electrons. The van der Waals surface area contributed by atoms with Crippen molar-refractivity contribution in [1.82, 2.24) is 4.90 Å². The Hall–Kier alpha value is -2.07. The first kappa shape index (κ1) is 14.3. The van der Waals surface area contributed by atoms with Crippen LogP contribution in [0.15, 0.2) is 42.5 Å². The van der Waals surface area contributed by atoms with Gasteiger partial charge >= 0.3 is 0 Å². The van der Waals surface area contributed by atoms with E-state index in [2.05, 4.69) is 10.2 Å². The number of halogens is 1. The smallest absolute Gasteiger partial charge is 0.165 e. The van der Waals surface area contributed by atoms with E-state index < -0.39 is 5.82 Å². The standard InChI is InChI=1S/C16H19FN2O/c1-19(2)11-13-6-3-4-9-15(13)18-10-12-7-5-8-14(17)16(12)20/h3-9,18,20H,10-11H2,1-2H3. The van der Waals surface area contributed by atoms with Crippen molar-refractivity contribution in [2.45, 2.75) is 13.1 Å². The second-order valence-corrected chi connectivity index (χ2v) is 5.00. The van der Waals surface area contributed by atoms with Crippen molar-refractivity contribution in [3.05, 3.63) is 59.4 Å². The van der Waals surface area contributed by atoms with E-state index in [0.29, 0.717) is 12.1 Å². The van der Waals surface area contributed by atoms with Crippen LogP contribution in [0.1, 0.15) is 11.1 Å². The molecule has 0 bridgehead atoms. The molecule has 0 aliphatic heterocycles. The number of phenolic OH excluding ortho intramolecular Hbond substituents is 1. The Morgan fingerprint density at radius 1 is 1.05 bits per heavy atom. The molecule has 0 heterocycles. The highest BCUT2D eigenvalue weighted by atomic mass is 19.1. The first-order valence-corrected chi connectivity index (χ1v) is 6.51. The molecule has 0 fully saturated rings. The Kier molecular flexibility index (Phi) is 4.58. The molecule has 0 aromatic heterocycles. The van der Waals surface area contributed by atoms with Gasteiger partial charge < -0.3 is 15.3 Å². The van der Waals surface area contributed by atoms with Crippen molar-refractivity contribution in [2.24, 2.45) is 0 Å². The highest BCUT2D eigenvalue weighted by Crippen LogP contribution is 2.23. The highest BCUT2D eigenvalue weighted by Gasteiger charge is 2.07.